The maximum Gasteiger partial charge on any atom is 0.264 e. The second kappa shape index (κ2) is 15.4. The minimum absolute atomic E-state index is 0.0735. The number of sulfonamides is 1. The van der Waals surface area contributed by atoms with Crippen molar-refractivity contribution in [3.8, 4) is 0 Å². The predicted molar refractivity (Wildman–Crippen MR) is 183 cm³/mol. The summed E-state index contributed by atoms with van der Waals surface area (Å²) in [6.45, 7) is 7.39. The molecule has 7 nitrogen and oxygen atoms in total. The van der Waals surface area contributed by atoms with Gasteiger partial charge in [0.05, 0.1) is 10.6 Å². The summed E-state index contributed by atoms with van der Waals surface area (Å²) in [6, 6.07) is 29.7. The highest BCUT2D eigenvalue weighted by molar-refractivity contribution is 9.10. The highest BCUT2D eigenvalue weighted by Gasteiger charge is 2.35. The summed E-state index contributed by atoms with van der Waals surface area (Å²) in [6.07, 6.45) is 0.991. The van der Waals surface area contributed by atoms with E-state index in [9.17, 15) is 18.0 Å². The number of halogens is 1. The van der Waals surface area contributed by atoms with Crippen molar-refractivity contribution in [3.63, 3.8) is 0 Å². The standard InChI is InChI=1S/C36H40BrN3O4S/c1-5-28(4)38-36(42)34(23-29-11-7-6-8-12-29)39(24-30-13-9-10-27(3)22-30)35(41)25-40(32-18-16-31(37)17-19-32)45(43,44)33-20-14-26(2)15-21-33/h6-22,28,34H,5,23-25H2,1-4H3,(H,38,42)/t28-,34+/m1/s1. The van der Waals surface area contributed by atoms with Crippen LogP contribution >= 0.6 is 15.9 Å². The van der Waals surface area contributed by atoms with Crippen LogP contribution in [0.4, 0.5) is 5.69 Å². The molecular weight excluding hydrogens is 650 g/mol. The van der Waals surface area contributed by atoms with Gasteiger partial charge in [0.25, 0.3) is 10.0 Å². The first kappa shape index (κ1) is 33.9. The van der Waals surface area contributed by atoms with E-state index in [1.165, 1.54) is 4.90 Å². The molecule has 45 heavy (non-hydrogen) atoms. The molecule has 0 spiro atoms. The zero-order chi connectivity index (χ0) is 32.6. The van der Waals surface area contributed by atoms with Crippen LogP contribution in [-0.4, -0.2) is 43.8 Å². The van der Waals surface area contributed by atoms with Gasteiger partial charge in [-0.05, 0) is 74.7 Å². The number of carbonyl (C=O) groups is 2. The Bertz CT molecular complexity index is 1690. The number of aryl methyl sites for hydroxylation is 2. The van der Waals surface area contributed by atoms with E-state index in [1.54, 1.807) is 48.5 Å². The molecule has 0 radical (unpaired) electrons. The topological polar surface area (TPSA) is 86.8 Å². The largest absolute Gasteiger partial charge is 0.352 e. The zero-order valence-corrected chi connectivity index (χ0v) is 28.5. The molecule has 0 aliphatic carbocycles. The number of amides is 2. The van der Waals surface area contributed by atoms with Gasteiger partial charge in [0.15, 0.2) is 0 Å². The molecule has 4 aromatic rings. The van der Waals surface area contributed by atoms with Crippen molar-refractivity contribution in [1.82, 2.24) is 10.2 Å². The lowest BCUT2D eigenvalue weighted by Crippen LogP contribution is -2.54. The quantitative estimate of drug-likeness (QED) is 0.167. The van der Waals surface area contributed by atoms with Gasteiger partial charge in [0.1, 0.15) is 12.6 Å². The van der Waals surface area contributed by atoms with E-state index < -0.39 is 28.5 Å². The van der Waals surface area contributed by atoms with Gasteiger partial charge in [0, 0.05) is 23.5 Å². The fourth-order valence-corrected chi connectivity index (χ4v) is 6.65. The fourth-order valence-electron chi connectivity index (χ4n) is 4.98. The summed E-state index contributed by atoms with van der Waals surface area (Å²) in [4.78, 5) is 30.1. The molecule has 0 saturated heterocycles. The summed E-state index contributed by atoms with van der Waals surface area (Å²) >= 11 is 3.42. The van der Waals surface area contributed by atoms with E-state index in [4.69, 9.17) is 0 Å². The summed E-state index contributed by atoms with van der Waals surface area (Å²) in [5, 5.41) is 3.07. The Morgan fingerprint density at radius 2 is 1.47 bits per heavy atom. The third-order valence-corrected chi connectivity index (χ3v) is 10.0. The molecule has 0 heterocycles. The van der Waals surface area contributed by atoms with E-state index in [0.29, 0.717) is 5.69 Å². The van der Waals surface area contributed by atoms with Gasteiger partial charge in [-0.1, -0.05) is 101 Å². The van der Waals surface area contributed by atoms with Gasteiger partial charge in [-0.2, -0.15) is 0 Å². The van der Waals surface area contributed by atoms with Gasteiger partial charge >= 0.3 is 0 Å². The molecule has 2 atom stereocenters. The van der Waals surface area contributed by atoms with Crippen LogP contribution in [-0.2, 0) is 32.6 Å². The van der Waals surface area contributed by atoms with Crippen LogP contribution in [0, 0.1) is 13.8 Å². The van der Waals surface area contributed by atoms with Gasteiger partial charge < -0.3 is 10.2 Å². The first-order valence-electron chi connectivity index (χ1n) is 15.0. The number of anilines is 1. The number of nitrogens with zero attached hydrogens (tertiary/aromatic N) is 2. The molecule has 0 saturated carbocycles. The maximum absolute atomic E-state index is 14.5. The lowest BCUT2D eigenvalue weighted by atomic mass is 10.0. The van der Waals surface area contributed by atoms with Gasteiger partial charge in [-0.25, -0.2) is 8.42 Å². The highest BCUT2D eigenvalue weighted by atomic mass is 79.9. The molecule has 0 unspecified atom stereocenters. The monoisotopic (exact) mass is 689 g/mol. The lowest BCUT2D eigenvalue weighted by molar-refractivity contribution is -0.140. The highest BCUT2D eigenvalue weighted by Crippen LogP contribution is 2.27. The van der Waals surface area contributed by atoms with Gasteiger partial charge in [0.2, 0.25) is 11.8 Å². The minimum Gasteiger partial charge on any atom is -0.352 e. The van der Waals surface area contributed by atoms with Gasteiger partial charge in [-0.15, -0.1) is 0 Å². The van der Waals surface area contributed by atoms with E-state index in [1.807, 2.05) is 82.3 Å². The molecule has 1 N–H and O–H groups in total. The summed E-state index contributed by atoms with van der Waals surface area (Å²) < 4.78 is 30.2. The molecule has 4 rings (SSSR count). The lowest BCUT2D eigenvalue weighted by Gasteiger charge is -2.34. The van der Waals surface area contributed by atoms with Crippen LogP contribution in [0.15, 0.2) is 112 Å². The Hall–Kier alpha value is -3.95. The average molecular weight is 691 g/mol. The molecule has 0 aromatic heterocycles. The van der Waals surface area contributed by atoms with Crippen molar-refractivity contribution in [2.24, 2.45) is 0 Å². The predicted octanol–water partition coefficient (Wildman–Crippen LogP) is 6.82. The Labute approximate surface area is 275 Å². The van der Waals surface area contributed by atoms with Crippen LogP contribution in [0.3, 0.4) is 0 Å². The molecule has 236 valence electrons. The van der Waals surface area contributed by atoms with Crippen molar-refractivity contribution >= 4 is 43.5 Å². The van der Waals surface area contributed by atoms with E-state index in [2.05, 4.69) is 21.2 Å². The summed E-state index contributed by atoms with van der Waals surface area (Å²) in [5.41, 5.74) is 4.00. The van der Waals surface area contributed by atoms with Gasteiger partial charge in [-0.3, -0.25) is 13.9 Å². The number of nitrogens with one attached hydrogen (secondary N) is 1. The molecule has 2 amide bonds. The minimum atomic E-state index is -4.15. The number of carbonyl (C=O) groups excluding carboxylic acids is 2. The third-order valence-electron chi connectivity index (χ3n) is 7.71. The molecule has 9 heteroatoms. The Morgan fingerprint density at radius 3 is 2.09 bits per heavy atom. The summed E-state index contributed by atoms with van der Waals surface area (Å²) in [7, 11) is -4.15. The fraction of sp³-hybridized carbons (Fsp3) is 0.278. The van der Waals surface area contributed by atoms with E-state index in [0.717, 1.165) is 37.5 Å². The Balaban J connectivity index is 1.80. The second-order valence-corrected chi connectivity index (χ2v) is 14.1. The van der Waals surface area contributed by atoms with Crippen LogP contribution in [0.2, 0.25) is 0 Å². The van der Waals surface area contributed by atoms with Crippen LogP contribution in [0.25, 0.3) is 0 Å². The molecule has 4 aromatic carbocycles. The number of hydrogen-bond donors (Lipinski definition) is 1. The van der Waals surface area contributed by atoms with Crippen LogP contribution in [0.1, 0.15) is 42.5 Å². The Morgan fingerprint density at radius 1 is 0.822 bits per heavy atom. The smallest absolute Gasteiger partial charge is 0.264 e. The third kappa shape index (κ3) is 9.05. The van der Waals surface area contributed by atoms with Crippen molar-refractivity contribution in [2.75, 3.05) is 10.8 Å². The molecule has 0 bridgehead atoms. The Kier molecular flexibility index (Phi) is 11.6. The number of hydrogen-bond acceptors (Lipinski definition) is 4. The average Bonchev–Trinajstić information content (AvgIpc) is 3.02. The van der Waals surface area contributed by atoms with Crippen molar-refractivity contribution < 1.29 is 18.0 Å². The number of rotatable bonds is 13. The first-order valence-corrected chi connectivity index (χ1v) is 17.3. The first-order chi connectivity index (χ1) is 21.5. The molecular formula is C36H40BrN3O4S. The van der Waals surface area contributed by atoms with Crippen molar-refractivity contribution in [3.05, 3.63) is 130 Å². The normalized spacial score (nSPS) is 12.6. The van der Waals surface area contributed by atoms with Crippen LogP contribution in [0.5, 0.6) is 0 Å². The molecule has 0 aliphatic heterocycles. The van der Waals surface area contributed by atoms with Crippen molar-refractivity contribution in [1.29, 1.82) is 0 Å². The van der Waals surface area contributed by atoms with E-state index in [-0.39, 0.29) is 29.8 Å². The summed E-state index contributed by atoms with van der Waals surface area (Å²) in [5.74, 6) is -0.777. The van der Waals surface area contributed by atoms with E-state index >= 15 is 0 Å². The van der Waals surface area contributed by atoms with Crippen LogP contribution < -0.4 is 9.62 Å². The number of benzene rings is 4. The zero-order valence-electron chi connectivity index (χ0n) is 26.1. The molecule has 0 aliphatic rings. The second-order valence-electron chi connectivity index (χ2n) is 11.3. The molecule has 0 fully saturated rings. The maximum atomic E-state index is 14.5. The van der Waals surface area contributed by atoms with Crippen molar-refractivity contribution in [2.45, 2.75) is 64.1 Å². The SMILES string of the molecule is CC[C@@H](C)NC(=O)[C@H](Cc1ccccc1)N(Cc1cccc(C)c1)C(=O)CN(c1ccc(Br)cc1)S(=O)(=O)c1ccc(C)cc1.